The highest BCUT2D eigenvalue weighted by atomic mass is 32.3. The van der Waals surface area contributed by atoms with Gasteiger partial charge in [-0.1, -0.05) is 12.0 Å². The summed E-state index contributed by atoms with van der Waals surface area (Å²) < 4.78 is 13.2. The summed E-state index contributed by atoms with van der Waals surface area (Å²) >= 11 is 0. The van der Waals surface area contributed by atoms with Crippen LogP contribution in [0, 0.1) is 17.0 Å². The van der Waals surface area contributed by atoms with E-state index in [9.17, 15) is 9.18 Å². The molecule has 3 heteroatoms. The molecule has 0 saturated carbocycles. The van der Waals surface area contributed by atoms with Crippen LogP contribution in [0.4, 0.5) is 4.39 Å². The number of hydrogen-bond donors (Lipinski definition) is 0. The van der Waals surface area contributed by atoms with Gasteiger partial charge in [-0.15, -0.1) is 0 Å². The molecular formula is C12H13FOS. The Labute approximate surface area is 91.0 Å². The quantitative estimate of drug-likeness (QED) is 0.529. The van der Waals surface area contributed by atoms with Crippen LogP contribution in [-0.4, -0.2) is 25.1 Å². The molecule has 1 nitrogen and oxygen atoms in total. The van der Waals surface area contributed by atoms with E-state index in [-0.39, 0.29) is 5.56 Å². The zero-order valence-electron chi connectivity index (χ0n) is 9.00. The number of carbonyl (C=O) groups excluding carboxylic acids is 1. The van der Waals surface area contributed by atoms with Crippen LogP contribution in [0.1, 0.15) is 15.9 Å². The zero-order chi connectivity index (χ0) is 11.5. The van der Waals surface area contributed by atoms with Crippen LogP contribution in [0.3, 0.4) is 0 Å². The molecule has 0 aliphatic carbocycles. The molecule has 0 aliphatic heterocycles. The number of rotatable bonds is 1. The van der Waals surface area contributed by atoms with E-state index in [1.165, 1.54) is 6.07 Å². The fourth-order valence-electron chi connectivity index (χ4n) is 0.974. The lowest BCUT2D eigenvalue weighted by atomic mass is 10.1. The van der Waals surface area contributed by atoms with Gasteiger partial charge in [0.1, 0.15) is 5.82 Å². The number of carbonyl (C=O) groups is 1. The molecule has 0 unspecified atom stereocenters. The maximum atomic E-state index is 13.2. The molecule has 1 aromatic carbocycles. The molecule has 0 heterocycles. The van der Waals surface area contributed by atoms with Crippen molar-refractivity contribution < 1.29 is 9.18 Å². The van der Waals surface area contributed by atoms with Crippen molar-refractivity contribution in [3.8, 4) is 11.2 Å². The third-order valence-electron chi connectivity index (χ3n) is 1.66. The Bertz CT molecular complexity index is 435. The van der Waals surface area contributed by atoms with Gasteiger partial charge in [0, 0.05) is 5.56 Å². The largest absolute Gasteiger partial charge is 0.298 e. The first-order valence-electron chi connectivity index (χ1n) is 4.39. The highest BCUT2D eigenvalue weighted by Gasteiger charge is 2.05. The van der Waals surface area contributed by atoms with Gasteiger partial charge in [-0.05, 0) is 36.2 Å². The molecule has 0 aliphatic rings. The first-order valence-corrected chi connectivity index (χ1v) is 7.24. The van der Waals surface area contributed by atoms with Gasteiger partial charge in [0.25, 0.3) is 0 Å². The van der Waals surface area contributed by atoms with Crippen LogP contribution in [-0.2, 0) is 0 Å². The molecule has 0 fully saturated rings. The van der Waals surface area contributed by atoms with Gasteiger partial charge in [0.15, 0.2) is 6.29 Å². The second-order valence-corrected chi connectivity index (χ2v) is 7.76. The average molecular weight is 224 g/mol. The van der Waals surface area contributed by atoms with Crippen molar-refractivity contribution in [2.24, 2.45) is 0 Å². The van der Waals surface area contributed by atoms with Gasteiger partial charge in [-0.3, -0.25) is 4.79 Å². The minimum atomic E-state index is -0.960. The second kappa shape index (κ2) is 4.50. The third kappa shape index (κ3) is 3.41. The molecule has 0 bridgehead atoms. The monoisotopic (exact) mass is 224 g/mol. The minimum absolute atomic E-state index is 0.0497. The van der Waals surface area contributed by atoms with Gasteiger partial charge < -0.3 is 0 Å². The molecule has 80 valence electrons. The maximum Gasteiger partial charge on any atom is 0.154 e. The lowest BCUT2D eigenvalue weighted by Crippen LogP contribution is -1.93. The Morgan fingerprint density at radius 3 is 2.53 bits per heavy atom. The van der Waals surface area contributed by atoms with E-state index in [0.29, 0.717) is 11.8 Å². The Kier molecular flexibility index (Phi) is 3.54. The van der Waals surface area contributed by atoms with Crippen LogP contribution in [0.15, 0.2) is 18.2 Å². The number of hydrogen-bond acceptors (Lipinski definition) is 1. The van der Waals surface area contributed by atoms with Crippen LogP contribution in [0.5, 0.6) is 0 Å². The lowest BCUT2D eigenvalue weighted by molar-refractivity contribution is 0.111. The first kappa shape index (κ1) is 11.8. The van der Waals surface area contributed by atoms with Crippen molar-refractivity contribution in [1.29, 1.82) is 0 Å². The van der Waals surface area contributed by atoms with E-state index in [1.807, 2.05) is 18.8 Å². The fraction of sp³-hybridized carbons (Fsp3) is 0.250. The Hall–Kier alpha value is -1.27. The van der Waals surface area contributed by atoms with Crippen LogP contribution in [0.2, 0.25) is 0 Å². The van der Waals surface area contributed by atoms with Crippen LogP contribution >= 0.6 is 10.0 Å². The summed E-state index contributed by atoms with van der Waals surface area (Å²) in [6, 6.07) is 4.48. The Balaban J connectivity index is 3.19. The number of aldehydes is 1. The van der Waals surface area contributed by atoms with Crippen molar-refractivity contribution in [2.75, 3.05) is 18.8 Å². The molecule has 1 rings (SSSR count). The standard InChI is InChI=1S/C12H13FOS/c1-15(2,3)8-7-10-5-4-6-12(13)11(10)9-14/h4-6,9H,1-3H3. The predicted molar refractivity (Wildman–Crippen MR) is 64.0 cm³/mol. The summed E-state index contributed by atoms with van der Waals surface area (Å²) in [5, 5.41) is 3.05. The average Bonchev–Trinajstić information content (AvgIpc) is 2.13. The molecule has 1 aromatic rings. The van der Waals surface area contributed by atoms with E-state index in [0.717, 1.165) is 0 Å². The summed E-state index contributed by atoms with van der Waals surface area (Å²) in [5.74, 6) is 2.35. The van der Waals surface area contributed by atoms with E-state index < -0.39 is 15.8 Å². The number of halogens is 1. The molecule has 0 spiro atoms. The van der Waals surface area contributed by atoms with Gasteiger partial charge in [0.2, 0.25) is 0 Å². The predicted octanol–water partition coefficient (Wildman–Crippen LogP) is 2.64. The van der Waals surface area contributed by atoms with Gasteiger partial charge in [0.05, 0.1) is 5.56 Å². The zero-order valence-corrected chi connectivity index (χ0v) is 9.82. The maximum absolute atomic E-state index is 13.2. The summed E-state index contributed by atoms with van der Waals surface area (Å²) in [5.41, 5.74) is 0.515. The van der Waals surface area contributed by atoms with Gasteiger partial charge in [-0.25, -0.2) is 4.39 Å². The normalized spacial score (nSPS) is 11.5. The number of benzene rings is 1. The van der Waals surface area contributed by atoms with Crippen molar-refractivity contribution in [1.82, 2.24) is 0 Å². The first-order chi connectivity index (χ1) is 6.94. The summed E-state index contributed by atoms with van der Waals surface area (Å²) in [4.78, 5) is 10.7. The fourth-order valence-corrected chi connectivity index (χ4v) is 1.39. The summed E-state index contributed by atoms with van der Waals surface area (Å²) in [6.07, 6.45) is 6.64. The van der Waals surface area contributed by atoms with Crippen molar-refractivity contribution in [3.63, 3.8) is 0 Å². The van der Waals surface area contributed by atoms with Crippen LogP contribution < -0.4 is 0 Å². The SMILES string of the molecule is CS(C)(C)C#Cc1cccc(F)c1C=O. The molecule has 0 aromatic heterocycles. The molecule has 15 heavy (non-hydrogen) atoms. The second-order valence-electron chi connectivity index (χ2n) is 3.88. The smallest absolute Gasteiger partial charge is 0.154 e. The lowest BCUT2D eigenvalue weighted by Gasteiger charge is -2.14. The van der Waals surface area contributed by atoms with Gasteiger partial charge in [-0.2, -0.15) is 10.0 Å². The Morgan fingerprint density at radius 1 is 1.33 bits per heavy atom. The van der Waals surface area contributed by atoms with E-state index in [1.54, 1.807) is 12.1 Å². The Morgan fingerprint density at radius 2 is 2.00 bits per heavy atom. The molecule has 0 N–H and O–H groups in total. The van der Waals surface area contributed by atoms with E-state index in [2.05, 4.69) is 11.2 Å². The van der Waals surface area contributed by atoms with Crippen molar-refractivity contribution in [3.05, 3.63) is 35.1 Å². The molecule has 0 radical (unpaired) electrons. The van der Waals surface area contributed by atoms with Crippen LogP contribution in [0.25, 0.3) is 0 Å². The highest BCUT2D eigenvalue weighted by molar-refractivity contribution is 8.35. The molecule has 0 amide bonds. The topological polar surface area (TPSA) is 17.1 Å². The van der Waals surface area contributed by atoms with E-state index >= 15 is 0 Å². The summed E-state index contributed by atoms with van der Waals surface area (Å²) in [6.45, 7) is 0. The van der Waals surface area contributed by atoms with Crippen molar-refractivity contribution >= 4 is 16.3 Å². The molecular weight excluding hydrogens is 211 g/mol. The summed E-state index contributed by atoms with van der Waals surface area (Å²) in [7, 11) is -0.960. The van der Waals surface area contributed by atoms with E-state index in [4.69, 9.17) is 0 Å². The third-order valence-corrected chi connectivity index (χ3v) is 2.38. The molecule has 0 saturated heterocycles. The highest BCUT2D eigenvalue weighted by Crippen LogP contribution is 2.32. The minimum Gasteiger partial charge on any atom is -0.298 e. The van der Waals surface area contributed by atoms with Gasteiger partial charge >= 0.3 is 0 Å². The molecule has 0 atom stereocenters. The van der Waals surface area contributed by atoms with Crippen molar-refractivity contribution in [2.45, 2.75) is 0 Å².